The minimum atomic E-state index is -3.81. The van der Waals surface area contributed by atoms with Gasteiger partial charge in [0.2, 0.25) is 0 Å². The third-order valence-electron chi connectivity index (χ3n) is 4.40. The number of nitrogens with zero attached hydrogens (tertiary/aromatic N) is 1. The van der Waals surface area contributed by atoms with Crippen molar-refractivity contribution in [3.8, 4) is 11.5 Å². The molecule has 0 aliphatic carbocycles. The van der Waals surface area contributed by atoms with Crippen LogP contribution in [0.2, 0.25) is 0 Å². The van der Waals surface area contributed by atoms with Crippen molar-refractivity contribution in [3.05, 3.63) is 57.1 Å². The third-order valence-corrected chi connectivity index (χ3v) is 5.55. The molecule has 0 aliphatic heterocycles. The number of sulfone groups is 1. The quantitative estimate of drug-likeness (QED) is 0.537. The Balaban J connectivity index is 2.35. The van der Waals surface area contributed by atoms with Crippen LogP contribution in [0.1, 0.15) is 34.5 Å². The Morgan fingerprint density at radius 2 is 1.72 bits per heavy atom. The maximum absolute atomic E-state index is 12.6. The summed E-state index contributed by atoms with van der Waals surface area (Å²) in [5.74, 6) is 0.483. The first-order chi connectivity index (χ1) is 13.5. The molecule has 156 valence electrons. The maximum Gasteiger partial charge on any atom is 0.288 e. The summed E-state index contributed by atoms with van der Waals surface area (Å²) in [6.45, 7) is 3.61. The molecular formula is C19H22N2O7S. The van der Waals surface area contributed by atoms with Gasteiger partial charge < -0.3 is 14.8 Å². The lowest BCUT2D eigenvalue weighted by Crippen LogP contribution is -2.27. The molecule has 0 radical (unpaired) electrons. The second-order valence-electron chi connectivity index (χ2n) is 6.47. The predicted molar refractivity (Wildman–Crippen MR) is 106 cm³/mol. The number of nitro benzene ring substituents is 1. The molecule has 2 aromatic carbocycles. The topological polar surface area (TPSA) is 125 Å². The number of carbonyl (C=O) groups is 1. The van der Waals surface area contributed by atoms with Gasteiger partial charge in [-0.05, 0) is 49.2 Å². The van der Waals surface area contributed by atoms with E-state index in [1.54, 1.807) is 19.1 Å². The number of rotatable bonds is 7. The molecule has 9 nitrogen and oxygen atoms in total. The second kappa shape index (κ2) is 8.48. The fourth-order valence-corrected chi connectivity index (χ4v) is 3.76. The first-order valence-corrected chi connectivity index (χ1v) is 10.4. The van der Waals surface area contributed by atoms with Crippen molar-refractivity contribution < 1.29 is 27.6 Å². The van der Waals surface area contributed by atoms with E-state index < -0.39 is 37.3 Å². The normalized spacial score (nSPS) is 12.2. The molecule has 2 aromatic rings. The van der Waals surface area contributed by atoms with Gasteiger partial charge in [0, 0.05) is 17.9 Å². The van der Waals surface area contributed by atoms with Crippen molar-refractivity contribution in [2.24, 2.45) is 0 Å². The van der Waals surface area contributed by atoms with Gasteiger partial charge in [-0.1, -0.05) is 0 Å². The molecule has 0 aliphatic rings. The number of nitro groups is 1. The van der Waals surface area contributed by atoms with Crippen molar-refractivity contribution in [2.75, 3.05) is 20.5 Å². The molecule has 1 amide bonds. The van der Waals surface area contributed by atoms with Gasteiger partial charge in [-0.2, -0.15) is 0 Å². The zero-order valence-corrected chi connectivity index (χ0v) is 17.5. The van der Waals surface area contributed by atoms with E-state index in [9.17, 15) is 23.3 Å². The number of aryl methyl sites for hydroxylation is 1. The molecule has 0 fully saturated rings. The fourth-order valence-electron chi connectivity index (χ4n) is 2.94. The van der Waals surface area contributed by atoms with Crippen LogP contribution in [0.25, 0.3) is 0 Å². The predicted octanol–water partition coefficient (Wildman–Crippen LogP) is 2.81. The van der Waals surface area contributed by atoms with Gasteiger partial charge in [0.25, 0.3) is 11.6 Å². The van der Waals surface area contributed by atoms with Gasteiger partial charge in [-0.25, -0.2) is 8.42 Å². The molecule has 29 heavy (non-hydrogen) atoms. The highest BCUT2D eigenvalue weighted by Gasteiger charge is 2.25. The average molecular weight is 422 g/mol. The summed E-state index contributed by atoms with van der Waals surface area (Å²) in [4.78, 5) is 22.6. The van der Waals surface area contributed by atoms with Crippen LogP contribution >= 0.6 is 0 Å². The summed E-state index contributed by atoms with van der Waals surface area (Å²) < 4.78 is 34.0. The van der Waals surface area contributed by atoms with Crippen molar-refractivity contribution in [1.82, 2.24) is 5.32 Å². The highest BCUT2D eigenvalue weighted by atomic mass is 32.2. The lowest BCUT2D eigenvalue weighted by atomic mass is 10.0. The van der Waals surface area contributed by atoms with Crippen LogP contribution in [0.3, 0.4) is 0 Å². The van der Waals surface area contributed by atoms with E-state index in [0.717, 1.165) is 29.5 Å². The van der Waals surface area contributed by atoms with E-state index in [-0.39, 0.29) is 5.56 Å². The monoisotopic (exact) mass is 422 g/mol. The minimum Gasteiger partial charge on any atom is -0.493 e. The lowest BCUT2D eigenvalue weighted by Gasteiger charge is -2.19. The van der Waals surface area contributed by atoms with Gasteiger partial charge in [-0.15, -0.1) is 0 Å². The van der Waals surface area contributed by atoms with E-state index in [2.05, 4.69) is 5.32 Å². The molecule has 1 N–H and O–H groups in total. The smallest absolute Gasteiger partial charge is 0.288 e. The van der Waals surface area contributed by atoms with E-state index in [1.165, 1.54) is 20.3 Å². The van der Waals surface area contributed by atoms with E-state index in [0.29, 0.717) is 11.5 Å². The molecule has 0 spiro atoms. The highest BCUT2D eigenvalue weighted by molar-refractivity contribution is 7.90. The summed E-state index contributed by atoms with van der Waals surface area (Å²) >= 11 is 0. The summed E-state index contributed by atoms with van der Waals surface area (Å²) in [5.41, 5.74) is 0.969. The van der Waals surface area contributed by atoms with Gasteiger partial charge in [-0.3, -0.25) is 14.9 Å². The number of ether oxygens (including phenoxy) is 2. The summed E-state index contributed by atoms with van der Waals surface area (Å²) in [6.07, 6.45) is 0.872. The van der Waals surface area contributed by atoms with E-state index in [4.69, 9.17) is 9.47 Å². The summed E-state index contributed by atoms with van der Waals surface area (Å²) in [7, 11) is -0.780. The SMILES string of the molecule is COc1cc(C)c([C@H](C)NC(=O)c2ccc(S(C)(=O)=O)c([N+](=O)[O-])c2)cc1OC. The first-order valence-electron chi connectivity index (χ1n) is 8.51. The molecule has 0 saturated carbocycles. The lowest BCUT2D eigenvalue weighted by molar-refractivity contribution is -0.387. The average Bonchev–Trinajstić information content (AvgIpc) is 2.66. The van der Waals surface area contributed by atoms with E-state index in [1.807, 2.05) is 6.92 Å². The van der Waals surface area contributed by atoms with Gasteiger partial charge in [0.05, 0.1) is 25.2 Å². The molecule has 1 atom stereocenters. The van der Waals surface area contributed by atoms with Crippen molar-refractivity contribution in [3.63, 3.8) is 0 Å². The Kier molecular flexibility index (Phi) is 6.48. The number of amides is 1. The molecule has 2 rings (SSSR count). The molecule has 10 heteroatoms. The Morgan fingerprint density at radius 3 is 2.24 bits per heavy atom. The molecule has 0 aromatic heterocycles. The summed E-state index contributed by atoms with van der Waals surface area (Å²) in [5, 5.41) is 14.0. The van der Waals surface area contributed by atoms with Crippen LogP contribution < -0.4 is 14.8 Å². The van der Waals surface area contributed by atoms with Gasteiger partial charge in [0.15, 0.2) is 21.3 Å². The number of hydrogen-bond acceptors (Lipinski definition) is 7. The van der Waals surface area contributed by atoms with Crippen LogP contribution in [0.15, 0.2) is 35.2 Å². The minimum absolute atomic E-state index is 0.0194. The zero-order valence-electron chi connectivity index (χ0n) is 16.7. The molecule has 0 heterocycles. The number of hydrogen-bond donors (Lipinski definition) is 1. The largest absolute Gasteiger partial charge is 0.493 e. The summed E-state index contributed by atoms with van der Waals surface area (Å²) in [6, 6.07) is 6.34. The number of carbonyl (C=O) groups excluding carboxylic acids is 1. The molecule has 0 unspecified atom stereocenters. The van der Waals surface area contributed by atoms with Crippen molar-refractivity contribution in [2.45, 2.75) is 24.8 Å². The Bertz CT molecular complexity index is 1060. The number of nitrogens with one attached hydrogen (secondary N) is 1. The van der Waals surface area contributed by atoms with Crippen LogP contribution in [-0.4, -0.2) is 39.7 Å². The highest BCUT2D eigenvalue weighted by Crippen LogP contribution is 2.33. The van der Waals surface area contributed by atoms with Crippen LogP contribution in [0.4, 0.5) is 5.69 Å². The van der Waals surface area contributed by atoms with Gasteiger partial charge in [0.1, 0.15) is 4.90 Å². The van der Waals surface area contributed by atoms with Crippen molar-refractivity contribution >= 4 is 21.4 Å². The van der Waals surface area contributed by atoms with Crippen LogP contribution in [0.5, 0.6) is 11.5 Å². The Morgan fingerprint density at radius 1 is 1.14 bits per heavy atom. The Hall–Kier alpha value is -3.14. The van der Waals surface area contributed by atoms with Crippen LogP contribution in [0, 0.1) is 17.0 Å². The third kappa shape index (κ3) is 4.83. The fraction of sp³-hybridized carbons (Fsp3) is 0.316. The first kappa shape index (κ1) is 22.2. The Labute approximate surface area is 168 Å². The second-order valence-corrected chi connectivity index (χ2v) is 8.45. The molecular weight excluding hydrogens is 400 g/mol. The molecule has 0 saturated heterocycles. The van der Waals surface area contributed by atoms with E-state index >= 15 is 0 Å². The van der Waals surface area contributed by atoms with Gasteiger partial charge >= 0.3 is 0 Å². The van der Waals surface area contributed by atoms with Crippen molar-refractivity contribution in [1.29, 1.82) is 0 Å². The number of benzene rings is 2. The van der Waals surface area contributed by atoms with Crippen LogP contribution in [-0.2, 0) is 9.84 Å². The number of methoxy groups -OCH3 is 2. The molecule has 0 bridgehead atoms. The zero-order chi connectivity index (χ0) is 21.9. The maximum atomic E-state index is 12.6. The standard InChI is InChI=1S/C19H22N2O7S/c1-11-8-16(27-3)17(28-4)10-14(11)12(2)20-19(22)13-6-7-18(29(5,25)26)15(9-13)21(23)24/h6-10,12H,1-5H3,(H,20,22)/t12-/m0/s1.